The molecular formula is C14H14N2O5. The molecule has 7 nitrogen and oxygen atoms in total. The topological polar surface area (TPSA) is 102 Å². The summed E-state index contributed by atoms with van der Waals surface area (Å²) in [6.07, 6.45) is 2.76. The molecule has 0 unspecified atom stereocenters. The highest BCUT2D eigenvalue weighted by Gasteiger charge is 2.02. The molecule has 0 aliphatic carbocycles. The number of ether oxygens (including phenoxy) is 1. The molecule has 7 heteroatoms. The van der Waals surface area contributed by atoms with Crippen LogP contribution in [-0.4, -0.2) is 41.7 Å². The van der Waals surface area contributed by atoms with Gasteiger partial charge in [-0.25, -0.2) is 9.78 Å². The molecule has 0 bridgehead atoms. The van der Waals surface area contributed by atoms with E-state index in [1.165, 1.54) is 12.2 Å². The van der Waals surface area contributed by atoms with Gasteiger partial charge in [0.25, 0.3) is 0 Å². The number of para-hydroxylation sites is 2. The number of nitrogens with one attached hydrogen (secondary N) is 1. The highest BCUT2D eigenvalue weighted by molar-refractivity contribution is 5.91. The Labute approximate surface area is 120 Å². The second kappa shape index (κ2) is 7.20. The number of carbonyl (C=O) groups is 2. The van der Waals surface area contributed by atoms with Crippen LogP contribution in [0.4, 0.5) is 0 Å². The summed E-state index contributed by atoms with van der Waals surface area (Å²) in [5.41, 5.74) is 1.37. The highest BCUT2D eigenvalue weighted by Crippen LogP contribution is 2.15. The van der Waals surface area contributed by atoms with Gasteiger partial charge in [-0.05, 0) is 12.1 Å². The Bertz CT molecular complexity index is 629. The molecule has 0 aliphatic heterocycles. The Balaban J connectivity index is 1.78. The van der Waals surface area contributed by atoms with Crippen molar-refractivity contribution in [2.24, 2.45) is 0 Å². The van der Waals surface area contributed by atoms with Crippen molar-refractivity contribution in [1.82, 2.24) is 10.3 Å². The van der Waals surface area contributed by atoms with E-state index in [0.717, 1.165) is 5.52 Å². The van der Waals surface area contributed by atoms with Crippen LogP contribution < -0.4 is 5.32 Å². The lowest BCUT2D eigenvalue weighted by atomic mass is 10.3. The maximum Gasteiger partial charge on any atom is 0.329 e. The number of carboxylic acid groups (broad SMARTS) is 1. The fourth-order valence-electron chi connectivity index (χ4n) is 1.57. The van der Waals surface area contributed by atoms with Crippen molar-refractivity contribution in [1.29, 1.82) is 0 Å². The summed E-state index contributed by atoms with van der Waals surface area (Å²) in [5.74, 6) is -1.04. The molecular weight excluding hydrogens is 276 g/mol. The molecule has 2 N–H and O–H groups in total. The van der Waals surface area contributed by atoms with Crippen LogP contribution in [0.5, 0.6) is 0 Å². The minimum absolute atomic E-state index is 0.134. The third kappa shape index (κ3) is 4.73. The molecule has 1 aromatic heterocycles. The Hall–Kier alpha value is -2.67. The number of nitrogens with zero attached hydrogens (tertiary/aromatic N) is 1. The number of carbonyl (C=O) groups excluding carboxylic acids is 1. The smallest absolute Gasteiger partial charge is 0.329 e. The van der Waals surface area contributed by atoms with E-state index in [9.17, 15) is 9.59 Å². The van der Waals surface area contributed by atoms with Crippen molar-refractivity contribution in [2.45, 2.75) is 0 Å². The fourth-order valence-corrected chi connectivity index (χ4v) is 1.57. The Morgan fingerprint density at radius 1 is 1.38 bits per heavy atom. The van der Waals surface area contributed by atoms with E-state index in [2.05, 4.69) is 10.3 Å². The molecule has 1 amide bonds. The number of fused-ring (bicyclic) bond motifs is 1. The van der Waals surface area contributed by atoms with Gasteiger partial charge in [0.2, 0.25) is 11.8 Å². The van der Waals surface area contributed by atoms with E-state index >= 15 is 0 Å². The van der Waals surface area contributed by atoms with Gasteiger partial charge >= 0.3 is 5.97 Å². The van der Waals surface area contributed by atoms with Crippen molar-refractivity contribution in [2.75, 3.05) is 19.8 Å². The zero-order chi connectivity index (χ0) is 15.1. The predicted octanol–water partition coefficient (Wildman–Crippen LogP) is 1.06. The van der Waals surface area contributed by atoms with Crippen LogP contribution in [0.1, 0.15) is 5.89 Å². The number of amides is 1. The first-order valence-electron chi connectivity index (χ1n) is 6.26. The van der Waals surface area contributed by atoms with Crippen LogP contribution in [0.3, 0.4) is 0 Å². The van der Waals surface area contributed by atoms with Crippen LogP contribution in [0.2, 0.25) is 0 Å². The molecule has 0 atom stereocenters. The van der Waals surface area contributed by atoms with Crippen molar-refractivity contribution < 1.29 is 23.8 Å². The number of benzene rings is 1. The summed E-state index contributed by atoms with van der Waals surface area (Å²) in [5, 5.41) is 10.9. The minimum Gasteiger partial charge on any atom is -0.480 e. The van der Waals surface area contributed by atoms with Gasteiger partial charge in [-0.2, -0.15) is 0 Å². The molecule has 2 aromatic rings. The van der Waals surface area contributed by atoms with Crippen LogP contribution in [0.15, 0.2) is 34.8 Å². The fraction of sp³-hybridized carbons (Fsp3) is 0.214. The largest absolute Gasteiger partial charge is 0.480 e. The minimum atomic E-state index is -1.04. The van der Waals surface area contributed by atoms with Gasteiger partial charge in [0, 0.05) is 18.7 Å². The summed E-state index contributed by atoms with van der Waals surface area (Å²) >= 11 is 0. The first-order valence-corrected chi connectivity index (χ1v) is 6.26. The molecule has 0 radical (unpaired) electrons. The molecule has 0 saturated heterocycles. The lowest BCUT2D eigenvalue weighted by Crippen LogP contribution is -2.26. The number of aliphatic carboxylic acids is 1. The number of carboxylic acids is 1. The monoisotopic (exact) mass is 290 g/mol. The van der Waals surface area contributed by atoms with E-state index in [1.54, 1.807) is 6.07 Å². The first kappa shape index (κ1) is 14.7. The number of hydrogen-bond donors (Lipinski definition) is 2. The van der Waals surface area contributed by atoms with Gasteiger partial charge in [-0.3, -0.25) is 4.79 Å². The Morgan fingerprint density at radius 3 is 2.95 bits per heavy atom. The van der Waals surface area contributed by atoms with Gasteiger partial charge in [0.05, 0.1) is 6.61 Å². The Kier molecular flexibility index (Phi) is 5.05. The average molecular weight is 290 g/mol. The van der Waals surface area contributed by atoms with E-state index < -0.39 is 5.97 Å². The molecule has 2 rings (SSSR count). The van der Waals surface area contributed by atoms with Crippen molar-refractivity contribution in [3.05, 3.63) is 36.2 Å². The van der Waals surface area contributed by atoms with Crippen molar-refractivity contribution in [3.63, 3.8) is 0 Å². The van der Waals surface area contributed by atoms with Gasteiger partial charge in [-0.1, -0.05) is 12.1 Å². The van der Waals surface area contributed by atoms with E-state index in [0.29, 0.717) is 11.5 Å². The quantitative estimate of drug-likeness (QED) is 0.584. The summed E-state index contributed by atoms with van der Waals surface area (Å²) in [6, 6.07) is 7.29. The lowest BCUT2D eigenvalue weighted by molar-refractivity contribution is -0.142. The second-order valence-corrected chi connectivity index (χ2v) is 4.09. The molecule has 0 spiro atoms. The summed E-state index contributed by atoms with van der Waals surface area (Å²) in [7, 11) is 0. The summed E-state index contributed by atoms with van der Waals surface area (Å²) in [6.45, 7) is -0.0204. The summed E-state index contributed by atoms with van der Waals surface area (Å²) < 4.78 is 10.2. The second-order valence-electron chi connectivity index (χ2n) is 4.09. The molecule has 0 saturated carbocycles. The average Bonchev–Trinajstić information content (AvgIpc) is 2.87. The van der Waals surface area contributed by atoms with Gasteiger partial charge in [0.15, 0.2) is 5.58 Å². The third-order valence-corrected chi connectivity index (χ3v) is 2.46. The highest BCUT2D eigenvalue weighted by atomic mass is 16.5. The summed E-state index contributed by atoms with van der Waals surface area (Å²) in [4.78, 5) is 25.9. The standard InChI is InChI=1S/C14H14N2O5/c17-12(15-7-8-20-9-14(18)19)5-6-13-16-10-3-1-2-4-11(10)21-13/h1-6H,7-9H2,(H,15,17)(H,18,19). The van der Waals surface area contributed by atoms with Crippen LogP contribution >= 0.6 is 0 Å². The van der Waals surface area contributed by atoms with E-state index in [1.807, 2.05) is 18.2 Å². The maximum absolute atomic E-state index is 11.5. The predicted molar refractivity (Wildman–Crippen MR) is 74.5 cm³/mol. The molecule has 110 valence electrons. The van der Waals surface area contributed by atoms with Crippen LogP contribution in [0, 0.1) is 0 Å². The molecule has 0 fully saturated rings. The van der Waals surface area contributed by atoms with Crippen LogP contribution in [-0.2, 0) is 14.3 Å². The van der Waals surface area contributed by atoms with E-state index in [-0.39, 0.29) is 25.7 Å². The maximum atomic E-state index is 11.5. The molecule has 1 heterocycles. The zero-order valence-corrected chi connectivity index (χ0v) is 11.1. The molecule has 1 aromatic carbocycles. The zero-order valence-electron chi connectivity index (χ0n) is 11.1. The van der Waals surface area contributed by atoms with Crippen LogP contribution in [0.25, 0.3) is 17.2 Å². The number of oxazole rings is 1. The molecule has 0 aliphatic rings. The first-order chi connectivity index (χ1) is 10.1. The van der Waals surface area contributed by atoms with Crippen molar-refractivity contribution >= 4 is 29.1 Å². The van der Waals surface area contributed by atoms with E-state index in [4.69, 9.17) is 14.3 Å². The number of hydrogen-bond acceptors (Lipinski definition) is 5. The van der Waals surface area contributed by atoms with Crippen molar-refractivity contribution in [3.8, 4) is 0 Å². The number of aromatic nitrogens is 1. The Morgan fingerprint density at radius 2 is 2.19 bits per heavy atom. The number of rotatable bonds is 7. The van der Waals surface area contributed by atoms with Gasteiger partial charge < -0.3 is 19.6 Å². The SMILES string of the molecule is O=C(O)COCCNC(=O)C=Cc1nc2ccccc2o1. The van der Waals surface area contributed by atoms with Gasteiger partial charge in [0.1, 0.15) is 12.1 Å². The lowest BCUT2D eigenvalue weighted by Gasteiger charge is -2.01. The van der Waals surface area contributed by atoms with Gasteiger partial charge in [-0.15, -0.1) is 0 Å². The molecule has 21 heavy (non-hydrogen) atoms. The third-order valence-electron chi connectivity index (χ3n) is 2.46. The normalized spacial score (nSPS) is 11.0.